The molecule has 2 amide bonds. The molecular formula is C30H53N3O6. The minimum absolute atomic E-state index is 0.0229. The SMILES string of the molecule is CC(C)[C@@H](Cc1ccc(CO)c(OCCCCO)c1)C[C@H](N)[C@@H](O)C[C@H](C(=O)NCC(C)(C)C(N)=O)C(C)C. The molecule has 0 aliphatic heterocycles. The molecule has 0 unspecified atom stereocenters. The van der Waals surface area contributed by atoms with Crippen molar-refractivity contribution < 1.29 is 29.6 Å². The van der Waals surface area contributed by atoms with Gasteiger partial charge in [-0.15, -0.1) is 0 Å². The fourth-order valence-corrected chi connectivity index (χ4v) is 4.43. The van der Waals surface area contributed by atoms with E-state index in [4.69, 9.17) is 21.3 Å². The average molecular weight is 552 g/mol. The van der Waals surface area contributed by atoms with Crippen LogP contribution in [0.4, 0.5) is 0 Å². The number of hydrogen-bond donors (Lipinski definition) is 6. The average Bonchev–Trinajstić information content (AvgIpc) is 2.87. The number of rotatable bonds is 19. The van der Waals surface area contributed by atoms with E-state index in [1.54, 1.807) is 13.8 Å². The summed E-state index contributed by atoms with van der Waals surface area (Å²) in [5.74, 6) is -0.0628. The van der Waals surface area contributed by atoms with Gasteiger partial charge >= 0.3 is 0 Å². The minimum atomic E-state index is -0.865. The summed E-state index contributed by atoms with van der Waals surface area (Å²) >= 11 is 0. The summed E-state index contributed by atoms with van der Waals surface area (Å²) in [5, 5.41) is 32.5. The first kappa shape index (κ1) is 34.8. The second kappa shape index (κ2) is 16.8. The lowest BCUT2D eigenvalue weighted by atomic mass is 9.80. The number of primary amides is 1. The maximum Gasteiger partial charge on any atom is 0.224 e. The van der Waals surface area contributed by atoms with Crippen LogP contribution in [0.5, 0.6) is 5.75 Å². The second-order valence-electron chi connectivity index (χ2n) is 12.1. The van der Waals surface area contributed by atoms with Crippen molar-refractivity contribution in [1.82, 2.24) is 5.32 Å². The Balaban J connectivity index is 2.87. The van der Waals surface area contributed by atoms with Gasteiger partial charge in [0.05, 0.1) is 24.7 Å². The zero-order valence-corrected chi connectivity index (χ0v) is 24.8. The van der Waals surface area contributed by atoms with E-state index in [9.17, 15) is 19.8 Å². The Morgan fingerprint density at radius 1 is 1.05 bits per heavy atom. The first-order valence-electron chi connectivity index (χ1n) is 14.2. The van der Waals surface area contributed by atoms with Crippen LogP contribution in [0.2, 0.25) is 0 Å². The minimum Gasteiger partial charge on any atom is -0.493 e. The van der Waals surface area contributed by atoms with Crippen LogP contribution < -0.4 is 21.5 Å². The van der Waals surface area contributed by atoms with Crippen LogP contribution in [0.25, 0.3) is 0 Å². The highest BCUT2D eigenvalue weighted by atomic mass is 16.5. The maximum absolute atomic E-state index is 12.9. The van der Waals surface area contributed by atoms with Gasteiger partial charge in [-0.05, 0) is 75.3 Å². The Morgan fingerprint density at radius 2 is 1.72 bits per heavy atom. The number of aliphatic hydroxyl groups excluding tert-OH is 3. The second-order valence-corrected chi connectivity index (χ2v) is 12.1. The zero-order chi connectivity index (χ0) is 29.8. The number of carbonyl (C=O) groups excluding carboxylic acids is 2. The molecule has 39 heavy (non-hydrogen) atoms. The molecule has 0 fully saturated rings. The van der Waals surface area contributed by atoms with Gasteiger partial charge in [0, 0.05) is 30.7 Å². The van der Waals surface area contributed by atoms with Crippen LogP contribution in [-0.2, 0) is 22.6 Å². The van der Waals surface area contributed by atoms with Gasteiger partial charge in [-0.1, -0.05) is 39.8 Å². The van der Waals surface area contributed by atoms with Gasteiger partial charge < -0.3 is 36.8 Å². The number of amides is 2. The van der Waals surface area contributed by atoms with E-state index in [0.717, 1.165) is 18.4 Å². The molecule has 8 N–H and O–H groups in total. The number of hydrogen-bond acceptors (Lipinski definition) is 7. The lowest BCUT2D eigenvalue weighted by Gasteiger charge is -2.30. The number of carbonyl (C=O) groups is 2. The summed E-state index contributed by atoms with van der Waals surface area (Å²) in [6.45, 7) is 12.1. The van der Waals surface area contributed by atoms with E-state index in [2.05, 4.69) is 19.2 Å². The van der Waals surface area contributed by atoms with Crippen molar-refractivity contribution in [2.75, 3.05) is 19.8 Å². The van der Waals surface area contributed by atoms with Gasteiger partial charge in [-0.3, -0.25) is 9.59 Å². The summed E-state index contributed by atoms with van der Waals surface area (Å²) in [5.41, 5.74) is 12.8. The standard InChI is InChI=1S/C30H53N3O6/c1-19(2)23(13-21-9-10-22(17-35)27(14-21)39-12-8-7-11-34)15-25(31)26(36)16-24(20(3)4)28(37)33-18-30(5,6)29(32)38/h9-10,14,19-20,23-26,34-36H,7-8,11-13,15-18,31H2,1-6H3,(H2,32,38)(H,33,37)/t23-,24-,25-,26-/m0/s1. The number of aliphatic hydroxyl groups is 3. The third kappa shape index (κ3) is 11.8. The van der Waals surface area contributed by atoms with Crippen molar-refractivity contribution in [2.45, 2.75) is 92.4 Å². The summed E-state index contributed by atoms with van der Waals surface area (Å²) < 4.78 is 5.88. The number of nitrogens with two attached hydrogens (primary N) is 2. The molecular weight excluding hydrogens is 498 g/mol. The predicted molar refractivity (Wildman–Crippen MR) is 154 cm³/mol. The van der Waals surface area contributed by atoms with Gasteiger partial charge in [0.1, 0.15) is 5.75 Å². The maximum atomic E-state index is 12.9. The first-order valence-corrected chi connectivity index (χ1v) is 14.2. The fourth-order valence-electron chi connectivity index (χ4n) is 4.43. The number of ether oxygens (including phenoxy) is 1. The summed E-state index contributed by atoms with van der Waals surface area (Å²) in [7, 11) is 0. The van der Waals surface area contributed by atoms with E-state index in [0.29, 0.717) is 36.7 Å². The molecule has 0 saturated heterocycles. The van der Waals surface area contributed by atoms with Crippen molar-refractivity contribution in [1.29, 1.82) is 0 Å². The zero-order valence-electron chi connectivity index (χ0n) is 24.8. The smallest absolute Gasteiger partial charge is 0.224 e. The van der Waals surface area contributed by atoms with Crippen LogP contribution in [0, 0.1) is 29.1 Å². The van der Waals surface area contributed by atoms with Crippen molar-refractivity contribution in [3.63, 3.8) is 0 Å². The Kier molecular flexibility index (Phi) is 15.0. The largest absolute Gasteiger partial charge is 0.493 e. The molecule has 9 heteroatoms. The van der Waals surface area contributed by atoms with Gasteiger partial charge in [0.25, 0.3) is 0 Å². The molecule has 0 bridgehead atoms. The highest BCUT2D eigenvalue weighted by molar-refractivity contribution is 5.83. The lowest BCUT2D eigenvalue weighted by molar-refractivity contribution is -0.130. The van der Waals surface area contributed by atoms with Crippen LogP contribution >= 0.6 is 0 Å². The molecule has 0 heterocycles. The Labute approximate surface area is 234 Å². The molecule has 0 saturated carbocycles. The Morgan fingerprint density at radius 3 is 2.26 bits per heavy atom. The summed E-state index contributed by atoms with van der Waals surface area (Å²) in [6.07, 6.45) is 2.06. The van der Waals surface area contributed by atoms with Gasteiger partial charge in [-0.2, -0.15) is 0 Å². The van der Waals surface area contributed by atoms with E-state index in [-0.39, 0.29) is 43.9 Å². The molecule has 0 aromatic heterocycles. The highest BCUT2D eigenvalue weighted by Gasteiger charge is 2.32. The third-order valence-corrected chi connectivity index (χ3v) is 7.63. The molecule has 4 atom stereocenters. The normalized spacial score (nSPS) is 15.2. The summed E-state index contributed by atoms with van der Waals surface area (Å²) in [4.78, 5) is 24.5. The third-order valence-electron chi connectivity index (χ3n) is 7.63. The van der Waals surface area contributed by atoms with Crippen molar-refractivity contribution >= 4 is 11.8 Å². The topological polar surface area (TPSA) is 168 Å². The highest BCUT2D eigenvalue weighted by Crippen LogP contribution is 2.28. The van der Waals surface area contributed by atoms with Crippen LogP contribution in [0.15, 0.2) is 18.2 Å². The molecule has 9 nitrogen and oxygen atoms in total. The molecule has 0 aliphatic carbocycles. The van der Waals surface area contributed by atoms with Crippen molar-refractivity contribution in [3.05, 3.63) is 29.3 Å². The molecule has 1 rings (SSSR count). The molecule has 0 spiro atoms. The van der Waals surface area contributed by atoms with Crippen molar-refractivity contribution in [2.24, 2.45) is 40.6 Å². The molecule has 224 valence electrons. The van der Waals surface area contributed by atoms with E-state index in [1.165, 1.54) is 0 Å². The quantitative estimate of drug-likeness (QED) is 0.144. The van der Waals surface area contributed by atoms with E-state index < -0.39 is 29.4 Å². The van der Waals surface area contributed by atoms with Gasteiger partial charge in [0.2, 0.25) is 11.8 Å². The number of nitrogens with one attached hydrogen (secondary N) is 1. The van der Waals surface area contributed by atoms with Crippen LogP contribution in [0.1, 0.15) is 78.4 Å². The first-order chi connectivity index (χ1) is 18.2. The Bertz CT molecular complexity index is 889. The number of unbranched alkanes of at least 4 members (excludes halogenated alkanes) is 1. The molecule has 0 radical (unpaired) electrons. The van der Waals surface area contributed by atoms with Crippen molar-refractivity contribution in [3.8, 4) is 5.75 Å². The Hall–Kier alpha value is -2.20. The summed E-state index contributed by atoms with van der Waals surface area (Å²) in [6, 6.07) is 5.29. The number of benzene rings is 1. The van der Waals surface area contributed by atoms with Crippen LogP contribution in [0.3, 0.4) is 0 Å². The van der Waals surface area contributed by atoms with Gasteiger partial charge in [0.15, 0.2) is 0 Å². The molecule has 1 aromatic carbocycles. The van der Waals surface area contributed by atoms with Gasteiger partial charge in [-0.25, -0.2) is 0 Å². The van der Waals surface area contributed by atoms with E-state index >= 15 is 0 Å². The van der Waals surface area contributed by atoms with Crippen LogP contribution in [-0.4, -0.2) is 59.0 Å². The monoisotopic (exact) mass is 551 g/mol. The fraction of sp³-hybridized carbons (Fsp3) is 0.733. The predicted octanol–water partition coefficient (Wildman–Crippen LogP) is 2.51. The lowest BCUT2D eigenvalue weighted by Crippen LogP contribution is -2.46. The molecule has 1 aromatic rings. The molecule has 0 aliphatic rings. The van der Waals surface area contributed by atoms with E-state index in [1.807, 2.05) is 32.0 Å².